The Morgan fingerprint density at radius 1 is 1.40 bits per heavy atom. The van der Waals surface area contributed by atoms with Crippen molar-refractivity contribution in [1.29, 1.82) is 0 Å². The minimum atomic E-state index is 0.561. The molecule has 7 nitrogen and oxygen atoms in total. The Balaban J connectivity index is 1.79. The van der Waals surface area contributed by atoms with Gasteiger partial charge in [0.15, 0.2) is 5.65 Å². The summed E-state index contributed by atoms with van der Waals surface area (Å²) in [6, 6.07) is 3.96. The lowest BCUT2D eigenvalue weighted by molar-refractivity contribution is 0.183. The van der Waals surface area contributed by atoms with E-state index in [1.54, 1.807) is 17.8 Å². The molecule has 0 aromatic carbocycles. The lowest BCUT2D eigenvalue weighted by Crippen LogP contribution is -2.03. The molecule has 3 heterocycles. The normalized spacial score (nSPS) is 11.1. The van der Waals surface area contributed by atoms with E-state index in [-0.39, 0.29) is 0 Å². The monoisotopic (exact) mass is 272 g/mol. The number of methoxy groups -OCH3 is 1. The highest BCUT2D eigenvalue weighted by atomic mass is 16.5. The molecule has 0 unspecified atom stereocenters. The van der Waals surface area contributed by atoms with Crippen molar-refractivity contribution in [3.05, 3.63) is 36.3 Å². The summed E-state index contributed by atoms with van der Waals surface area (Å²) >= 11 is 0. The van der Waals surface area contributed by atoms with Crippen molar-refractivity contribution in [2.75, 3.05) is 19.0 Å². The summed E-state index contributed by atoms with van der Waals surface area (Å²) in [5, 5.41) is 11.8. The van der Waals surface area contributed by atoms with Crippen molar-refractivity contribution >= 4 is 17.3 Å². The maximum absolute atomic E-state index is 5.02. The maximum atomic E-state index is 5.02. The van der Waals surface area contributed by atoms with Gasteiger partial charge in [0.2, 0.25) is 5.95 Å². The minimum absolute atomic E-state index is 0.561. The van der Waals surface area contributed by atoms with Gasteiger partial charge in [-0.3, -0.25) is 4.68 Å². The van der Waals surface area contributed by atoms with Crippen molar-refractivity contribution in [3.8, 4) is 0 Å². The van der Waals surface area contributed by atoms with Crippen LogP contribution in [0.15, 0.2) is 30.7 Å². The lowest BCUT2D eigenvalue weighted by atomic mass is 10.3. The fraction of sp³-hybridized carbons (Fsp3) is 0.308. The lowest BCUT2D eigenvalue weighted by Gasteiger charge is -1.98. The molecule has 7 heteroatoms. The number of hydrogen-bond acceptors (Lipinski definition) is 5. The molecule has 0 aliphatic carbocycles. The Bertz CT molecular complexity index is 717. The summed E-state index contributed by atoms with van der Waals surface area (Å²) < 4.78 is 8.59. The number of hydrogen-bond donors (Lipinski definition) is 1. The second-order valence-corrected chi connectivity index (χ2v) is 4.50. The molecule has 0 spiro atoms. The number of aryl methyl sites for hydroxylation is 1. The topological polar surface area (TPSA) is 69.3 Å². The molecule has 0 atom stereocenters. The molecule has 0 bridgehead atoms. The van der Waals surface area contributed by atoms with Crippen LogP contribution in [0.3, 0.4) is 0 Å². The van der Waals surface area contributed by atoms with Crippen LogP contribution in [0.2, 0.25) is 0 Å². The molecule has 3 rings (SSSR count). The van der Waals surface area contributed by atoms with Gasteiger partial charge in [0.05, 0.1) is 25.0 Å². The summed E-state index contributed by atoms with van der Waals surface area (Å²) in [6.07, 6.45) is 5.52. The molecular weight excluding hydrogens is 256 g/mol. The van der Waals surface area contributed by atoms with Crippen molar-refractivity contribution in [2.45, 2.75) is 13.5 Å². The van der Waals surface area contributed by atoms with Gasteiger partial charge in [-0.25, -0.2) is 4.52 Å². The largest absolute Gasteiger partial charge is 0.383 e. The number of nitrogens with one attached hydrogen (secondary N) is 1. The van der Waals surface area contributed by atoms with Gasteiger partial charge in [-0.05, 0) is 18.6 Å². The maximum Gasteiger partial charge on any atom is 0.247 e. The van der Waals surface area contributed by atoms with Crippen molar-refractivity contribution in [3.63, 3.8) is 0 Å². The molecule has 0 saturated carbocycles. The summed E-state index contributed by atoms with van der Waals surface area (Å²) in [4.78, 5) is 4.46. The SMILES string of the molecule is COCCn1cc(Nc2nc3c(C)cccn3n2)cn1. The molecule has 3 aromatic heterocycles. The first-order valence-electron chi connectivity index (χ1n) is 6.36. The third kappa shape index (κ3) is 2.48. The molecule has 0 saturated heterocycles. The third-order valence-electron chi connectivity index (χ3n) is 2.97. The van der Waals surface area contributed by atoms with Crippen molar-refractivity contribution < 1.29 is 4.74 Å². The highest BCUT2D eigenvalue weighted by Gasteiger charge is 2.06. The average molecular weight is 272 g/mol. The molecule has 0 aliphatic heterocycles. The molecule has 0 amide bonds. The molecule has 0 radical (unpaired) electrons. The first-order chi connectivity index (χ1) is 9.76. The average Bonchev–Trinajstić information content (AvgIpc) is 3.04. The van der Waals surface area contributed by atoms with E-state index in [1.807, 2.05) is 36.1 Å². The highest BCUT2D eigenvalue weighted by molar-refractivity contribution is 5.55. The zero-order valence-corrected chi connectivity index (χ0v) is 11.4. The summed E-state index contributed by atoms with van der Waals surface area (Å²) in [5.74, 6) is 0.561. The van der Waals surface area contributed by atoms with Crippen LogP contribution in [0.4, 0.5) is 11.6 Å². The van der Waals surface area contributed by atoms with Gasteiger partial charge in [-0.1, -0.05) is 6.07 Å². The van der Waals surface area contributed by atoms with Crippen LogP contribution in [0.5, 0.6) is 0 Å². The Morgan fingerprint density at radius 2 is 2.30 bits per heavy atom. The number of ether oxygens (including phenoxy) is 1. The Hall–Kier alpha value is -2.41. The van der Waals surface area contributed by atoms with E-state index in [2.05, 4.69) is 20.5 Å². The fourth-order valence-electron chi connectivity index (χ4n) is 1.96. The predicted molar refractivity (Wildman–Crippen MR) is 75.1 cm³/mol. The molecule has 20 heavy (non-hydrogen) atoms. The van der Waals surface area contributed by atoms with E-state index in [1.165, 1.54) is 0 Å². The summed E-state index contributed by atoms with van der Waals surface area (Å²) in [7, 11) is 1.67. The number of nitrogens with zero attached hydrogens (tertiary/aromatic N) is 5. The smallest absolute Gasteiger partial charge is 0.247 e. The molecule has 3 aromatic rings. The standard InChI is InChI=1S/C13H16N6O/c1-10-4-3-5-19-12(10)16-13(17-19)15-11-8-14-18(9-11)6-7-20-2/h3-5,8-9H,6-7H2,1-2H3,(H,15,17). The molecule has 0 fully saturated rings. The van der Waals surface area contributed by atoms with Gasteiger partial charge in [0.25, 0.3) is 0 Å². The van der Waals surface area contributed by atoms with E-state index >= 15 is 0 Å². The third-order valence-corrected chi connectivity index (χ3v) is 2.97. The van der Waals surface area contributed by atoms with E-state index in [0.29, 0.717) is 12.6 Å². The Morgan fingerprint density at radius 3 is 3.10 bits per heavy atom. The highest BCUT2D eigenvalue weighted by Crippen LogP contribution is 2.14. The number of rotatable bonds is 5. The fourth-order valence-corrected chi connectivity index (χ4v) is 1.96. The van der Waals surface area contributed by atoms with Crippen LogP contribution >= 0.6 is 0 Å². The quantitative estimate of drug-likeness (QED) is 0.764. The van der Waals surface area contributed by atoms with Gasteiger partial charge in [0.1, 0.15) is 0 Å². The molecule has 104 valence electrons. The zero-order valence-electron chi connectivity index (χ0n) is 11.4. The first-order valence-corrected chi connectivity index (χ1v) is 6.36. The molecule has 0 aliphatic rings. The first kappa shape index (κ1) is 12.6. The molecule has 1 N–H and O–H groups in total. The van der Waals surface area contributed by atoms with Gasteiger partial charge < -0.3 is 10.1 Å². The van der Waals surface area contributed by atoms with E-state index < -0.39 is 0 Å². The summed E-state index contributed by atoms with van der Waals surface area (Å²) in [6.45, 7) is 3.36. The van der Waals surface area contributed by atoms with Crippen molar-refractivity contribution in [1.82, 2.24) is 24.4 Å². The molecular formula is C13H16N6O. The summed E-state index contributed by atoms with van der Waals surface area (Å²) in [5.41, 5.74) is 2.79. The van der Waals surface area contributed by atoms with Crippen LogP contribution in [0.25, 0.3) is 5.65 Å². The van der Waals surface area contributed by atoms with Crippen LogP contribution in [0.1, 0.15) is 5.56 Å². The number of pyridine rings is 1. The van der Waals surface area contributed by atoms with E-state index in [9.17, 15) is 0 Å². The van der Waals surface area contributed by atoms with Gasteiger partial charge in [-0.15, -0.1) is 5.10 Å². The van der Waals surface area contributed by atoms with E-state index in [0.717, 1.165) is 23.4 Å². The van der Waals surface area contributed by atoms with Crippen LogP contribution in [0, 0.1) is 6.92 Å². The van der Waals surface area contributed by atoms with Crippen molar-refractivity contribution in [2.24, 2.45) is 0 Å². The Kier molecular flexibility index (Phi) is 3.34. The second kappa shape index (κ2) is 5.30. The number of anilines is 2. The van der Waals surface area contributed by atoms with Gasteiger partial charge in [0, 0.05) is 19.5 Å². The van der Waals surface area contributed by atoms with Crippen LogP contribution in [-0.2, 0) is 11.3 Å². The number of aromatic nitrogens is 5. The minimum Gasteiger partial charge on any atom is -0.383 e. The predicted octanol–water partition coefficient (Wildman–Crippen LogP) is 1.62. The van der Waals surface area contributed by atoms with Crippen LogP contribution in [-0.4, -0.2) is 38.1 Å². The second-order valence-electron chi connectivity index (χ2n) is 4.50. The zero-order chi connectivity index (χ0) is 13.9. The Labute approximate surface area is 116 Å². The van der Waals surface area contributed by atoms with E-state index in [4.69, 9.17) is 4.74 Å². The van der Waals surface area contributed by atoms with Crippen LogP contribution < -0.4 is 5.32 Å². The van der Waals surface area contributed by atoms with Gasteiger partial charge in [-0.2, -0.15) is 10.1 Å². The number of fused-ring (bicyclic) bond motifs is 1. The van der Waals surface area contributed by atoms with Gasteiger partial charge >= 0.3 is 0 Å².